The molecule has 0 aromatic carbocycles. The average molecular weight is 308 g/mol. The molecule has 1 aromatic heterocycles. The monoisotopic (exact) mass is 308 g/mol. The van der Waals surface area contributed by atoms with Gasteiger partial charge in [-0.1, -0.05) is 0 Å². The zero-order chi connectivity index (χ0) is 14.6. The molecule has 1 aromatic rings. The number of ether oxygens (including phenoxy) is 1. The summed E-state index contributed by atoms with van der Waals surface area (Å²) in [7, 11) is -2.29. The van der Waals surface area contributed by atoms with E-state index in [1.54, 1.807) is 6.92 Å². The molecule has 0 fully saturated rings. The van der Waals surface area contributed by atoms with Crippen LogP contribution in [-0.2, 0) is 14.8 Å². The van der Waals surface area contributed by atoms with Gasteiger partial charge >= 0.3 is 5.97 Å². The minimum absolute atomic E-state index is 0.0728. The predicted molar refractivity (Wildman–Crippen MR) is 72.5 cm³/mol. The Labute approximate surface area is 116 Å². The maximum atomic E-state index is 12.0. The topological polar surface area (TPSA) is 96.8 Å². The lowest BCUT2D eigenvalue weighted by molar-refractivity contribution is 0.0697. The van der Waals surface area contributed by atoms with E-state index in [-0.39, 0.29) is 22.9 Å². The van der Waals surface area contributed by atoms with Gasteiger partial charge in [0.15, 0.2) is 0 Å². The molecule has 7 nitrogen and oxygen atoms in total. The fourth-order valence-corrected chi connectivity index (χ4v) is 3.53. The second-order valence-corrected chi connectivity index (χ2v) is 6.61. The number of carbonyl (C=O) groups is 1. The quantitative estimate of drug-likeness (QED) is 0.753. The van der Waals surface area contributed by atoms with Crippen LogP contribution in [0.15, 0.2) is 0 Å². The summed E-state index contributed by atoms with van der Waals surface area (Å²) in [5.41, 5.74) is 0.229. The molecule has 0 aliphatic heterocycles. The molecule has 19 heavy (non-hydrogen) atoms. The second-order valence-electron chi connectivity index (χ2n) is 3.73. The molecule has 1 rings (SSSR count). The number of aromatic nitrogens is 1. The number of nitrogens with zero attached hydrogens (tertiary/aromatic N) is 2. The van der Waals surface area contributed by atoms with E-state index in [1.165, 1.54) is 14.0 Å². The summed E-state index contributed by atoms with van der Waals surface area (Å²) in [6.45, 7) is 3.80. The Kier molecular flexibility index (Phi) is 5.27. The first kappa shape index (κ1) is 15.9. The number of hydrogen-bond acceptors (Lipinski definition) is 6. The Balaban J connectivity index is 3.00. The molecule has 1 N–H and O–H groups in total. The van der Waals surface area contributed by atoms with Crippen LogP contribution >= 0.6 is 11.5 Å². The molecule has 108 valence electrons. The third kappa shape index (κ3) is 3.64. The lowest BCUT2D eigenvalue weighted by Gasteiger charge is -2.17. The summed E-state index contributed by atoms with van der Waals surface area (Å²) in [6, 6.07) is 0. The van der Waals surface area contributed by atoms with Crippen LogP contribution in [0.25, 0.3) is 0 Å². The van der Waals surface area contributed by atoms with E-state index in [4.69, 9.17) is 9.84 Å². The summed E-state index contributed by atoms with van der Waals surface area (Å²) in [5.74, 6) is -1.39. The lowest BCUT2D eigenvalue weighted by Crippen LogP contribution is -2.31. The SMILES string of the molecule is CCOCCS(=O)(=O)N(C)c1snc(C)c1C(=O)O. The fraction of sp³-hybridized carbons (Fsp3) is 0.600. The third-order valence-corrected chi connectivity index (χ3v) is 5.28. The lowest BCUT2D eigenvalue weighted by atomic mass is 10.2. The first-order chi connectivity index (χ1) is 8.81. The van der Waals surface area contributed by atoms with Gasteiger partial charge in [0.1, 0.15) is 10.6 Å². The maximum absolute atomic E-state index is 12.0. The predicted octanol–water partition coefficient (Wildman–Crippen LogP) is 0.952. The number of rotatable bonds is 7. The zero-order valence-electron chi connectivity index (χ0n) is 10.9. The molecule has 0 saturated carbocycles. The molecule has 1 heterocycles. The fourth-order valence-electron chi connectivity index (χ4n) is 1.39. The Bertz CT molecular complexity index is 552. The van der Waals surface area contributed by atoms with E-state index >= 15 is 0 Å². The number of anilines is 1. The first-order valence-corrected chi connectivity index (χ1v) is 7.93. The van der Waals surface area contributed by atoms with E-state index < -0.39 is 16.0 Å². The molecule has 0 bridgehead atoms. The van der Waals surface area contributed by atoms with Crippen LogP contribution in [0.5, 0.6) is 0 Å². The van der Waals surface area contributed by atoms with Crippen molar-refractivity contribution in [1.82, 2.24) is 4.37 Å². The van der Waals surface area contributed by atoms with Gasteiger partial charge in [-0.2, -0.15) is 4.37 Å². The molecule has 0 radical (unpaired) electrons. The van der Waals surface area contributed by atoms with Crippen molar-refractivity contribution >= 4 is 32.5 Å². The van der Waals surface area contributed by atoms with Crippen LogP contribution in [0.3, 0.4) is 0 Å². The van der Waals surface area contributed by atoms with Crippen molar-refractivity contribution in [2.24, 2.45) is 0 Å². The van der Waals surface area contributed by atoms with E-state index in [0.717, 1.165) is 15.8 Å². The molecule has 9 heteroatoms. The van der Waals surface area contributed by atoms with Crippen LogP contribution < -0.4 is 4.31 Å². The van der Waals surface area contributed by atoms with E-state index in [2.05, 4.69) is 4.37 Å². The largest absolute Gasteiger partial charge is 0.478 e. The van der Waals surface area contributed by atoms with Crippen LogP contribution in [-0.4, -0.2) is 49.9 Å². The summed E-state index contributed by atoms with van der Waals surface area (Å²) in [5, 5.41) is 9.20. The highest BCUT2D eigenvalue weighted by Gasteiger charge is 2.27. The summed E-state index contributed by atoms with van der Waals surface area (Å²) >= 11 is 0.854. The molecule has 0 saturated heterocycles. The van der Waals surface area contributed by atoms with Gasteiger partial charge < -0.3 is 9.84 Å². The van der Waals surface area contributed by atoms with Crippen molar-refractivity contribution in [1.29, 1.82) is 0 Å². The van der Waals surface area contributed by atoms with Gasteiger partial charge in [0.2, 0.25) is 10.0 Å². The van der Waals surface area contributed by atoms with Gasteiger partial charge in [0.05, 0.1) is 18.1 Å². The van der Waals surface area contributed by atoms with Gasteiger partial charge in [0, 0.05) is 13.7 Å². The maximum Gasteiger partial charge on any atom is 0.340 e. The molecular formula is C10H16N2O5S2. The zero-order valence-corrected chi connectivity index (χ0v) is 12.5. The van der Waals surface area contributed by atoms with Crippen molar-refractivity contribution in [2.75, 3.05) is 30.3 Å². The highest BCUT2D eigenvalue weighted by Crippen LogP contribution is 2.29. The third-order valence-electron chi connectivity index (χ3n) is 2.45. The highest BCUT2D eigenvalue weighted by molar-refractivity contribution is 7.93. The van der Waals surface area contributed by atoms with Gasteiger partial charge in [-0.15, -0.1) is 0 Å². The number of carboxylic acids is 1. The van der Waals surface area contributed by atoms with Crippen molar-refractivity contribution in [3.05, 3.63) is 11.3 Å². The molecule has 0 aliphatic rings. The van der Waals surface area contributed by atoms with Gasteiger partial charge in [-0.05, 0) is 25.4 Å². The number of sulfonamides is 1. The standard InChI is InChI=1S/C10H16N2O5S2/c1-4-17-5-6-19(15,16)12(3)9-8(10(13)14)7(2)11-18-9/h4-6H2,1-3H3,(H,13,14). The number of aromatic carboxylic acids is 1. The van der Waals surface area contributed by atoms with Gasteiger partial charge in [-0.3, -0.25) is 4.31 Å². The van der Waals surface area contributed by atoms with Crippen molar-refractivity contribution in [2.45, 2.75) is 13.8 Å². The average Bonchev–Trinajstić information content (AvgIpc) is 2.70. The van der Waals surface area contributed by atoms with E-state index in [0.29, 0.717) is 12.3 Å². The molecule has 0 unspecified atom stereocenters. The Morgan fingerprint density at radius 3 is 2.68 bits per heavy atom. The van der Waals surface area contributed by atoms with Crippen LogP contribution in [0.4, 0.5) is 5.00 Å². The molecule has 0 amide bonds. The van der Waals surface area contributed by atoms with Crippen molar-refractivity contribution < 1.29 is 23.1 Å². The van der Waals surface area contributed by atoms with E-state index in [9.17, 15) is 13.2 Å². The van der Waals surface area contributed by atoms with Crippen LogP contribution in [0, 0.1) is 6.92 Å². The van der Waals surface area contributed by atoms with Gasteiger partial charge in [0.25, 0.3) is 0 Å². The van der Waals surface area contributed by atoms with Crippen molar-refractivity contribution in [3.8, 4) is 0 Å². The normalized spacial score (nSPS) is 11.5. The van der Waals surface area contributed by atoms with E-state index in [1.807, 2.05) is 0 Å². The van der Waals surface area contributed by atoms with Gasteiger partial charge in [-0.25, -0.2) is 13.2 Å². The Morgan fingerprint density at radius 2 is 2.16 bits per heavy atom. The van der Waals surface area contributed by atoms with Crippen LogP contribution in [0.1, 0.15) is 23.0 Å². The molecule has 0 atom stereocenters. The molecule has 0 aliphatic carbocycles. The number of hydrogen-bond donors (Lipinski definition) is 1. The Morgan fingerprint density at radius 1 is 1.53 bits per heavy atom. The first-order valence-electron chi connectivity index (χ1n) is 5.55. The summed E-state index contributed by atoms with van der Waals surface area (Å²) < 4.78 is 33.9. The minimum atomic E-state index is -3.61. The Hall–Kier alpha value is -1.19. The summed E-state index contributed by atoms with van der Waals surface area (Å²) in [6.07, 6.45) is 0. The molecule has 0 spiro atoms. The van der Waals surface area contributed by atoms with Crippen LogP contribution in [0.2, 0.25) is 0 Å². The van der Waals surface area contributed by atoms with Crippen molar-refractivity contribution in [3.63, 3.8) is 0 Å². The highest BCUT2D eigenvalue weighted by atomic mass is 32.2. The molecular weight excluding hydrogens is 292 g/mol. The minimum Gasteiger partial charge on any atom is -0.478 e. The summed E-state index contributed by atoms with van der Waals surface area (Å²) in [4.78, 5) is 11.1. The second kappa shape index (κ2) is 6.31. The smallest absolute Gasteiger partial charge is 0.340 e. The number of carboxylic acid groups (broad SMARTS) is 1. The number of aryl methyl sites for hydroxylation is 1.